The number of pyridine rings is 2. The summed E-state index contributed by atoms with van der Waals surface area (Å²) in [7, 11) is -3.15. The zero-order valence-electron chi connectivity index (χ0n) is 18.8. The molecule has 0 fully saturated rings. The van der Waals surface area contributed by atoms with Gasteiger partial charge >= 0.3 is 0 Å². The summed E-state index contributed by atoms with van der Waals surface area (Å²) < 4.78 is 67.9. The van der Waals surface area contributed by atoms with Crippen LogP contribution in [-0.4, -0.2) is 35.7 Å². The number of nitrogens with zero attached hydrogens (tertiary/aromatic N) is 3. The fraction of sp³-hybridized carbons (Fsp3) is 0.227. The van der Waals surface area contributed by atoms with E-state index in [-0.39, 0.29) is 22.6 Å². The topological polar surface area (TPSA) is 119 Å². The third-order valence-electron chi connectivity index (χ3n) is 5.07. The number of anilines is 1. The summed E-state index contributed by atoms with van der Waals surface area (Å²) in [6.45, 7) is 3.44. The van der Waals surface area contributed by atoms with Gasteiger partial charge in [-0.25, -0.2) is 27.2 Å². The first-order chi connectivity index (χ1) is 16.6. The number of aromatic nitrogens is 4. The fourth-order valence-corrected chi connectivity index (χ4v) is 4.76. The summed E-state index contributed by atoms with van der Waals surface area (Å²) in [4.78, 5) is 7.58. The van der Waals surface area contributed by atoms with Gasteiger partial charge in [0.25, 0.3) is 10.0 Å². The average molecular weight is 524 g/mol. The Morgan fingerprint density at radius 2 is 1.94 bits per heavy atom. The van der Waals surface area contributed by atoms with Crippen LogP contribution in [0.25, 0.3) is 11.0 Å². The summed E-state index contributed by atoms with van der Waals surface area (Å²) in [6, 6.07) is 4.67. The molecular weight excluding hydrogens is 504 g/mol. The number of nitrogens with one attached hydrogen (secondary N) is 2. The van der Waals surface area contributed by atoms with Crippen molar-refractivity contribution in [2.75, 3.05) is 11.8 Å². The van der Waals surface area contributed by atoms with Gasteiger partial charge in [-0.2, -0.15) is 5.10 Å². The van der Waals surface area contributed by atoms with Crippen LogP contribution in [0.15, 0.2) is 41.6 Å². The minimum atomic E-state index is -4.37. The van der Waals surface area contributed by atoms with Crippen molar-refractivity contribution in [2.24, 2.45) is 0 Å². The van der Waals surface area contributed by atoms with Crippen molar-refractivity contribution < 1.29 is 26.7 Å². The standard InChI is InChI=1S/C22H20ClF2N5O4S/c1-11(2)20-14-7-13(9-26-21(14)29-28-20)34-10-15-16(24)4-5-17(19(15)25)30-35(31,32)18-6-12(23)8-27-22(18)33-3/h4-9,11,30H,10H2,1-3H3,(H,26,28,29). The number of H-pyrrole nitrogens is 1. The van der Waals surface area contributed by atoms with Gasteiger partial charge in [-0.05, 0) is 30.2 Å². The van der Waals surface area contributed by atoms with Crippen molar-refractivity contribution in [1.29, 1.82) is 0 Å². The molecule has 0 aliphatic heterocycles. The van der Waals surface area contributed by atoms with Crippen molar-refractivity contribution in [2.45, 2.75) is 31.3 Å². The lowest BCUT2D eigenvalue weighted by Gasteiger charge is -2.14. The summed E-state index contributed by atoms with van der Waals surface area (Å²) >= 11 is 5.85. The highest BCUT2D eigenvalue weighted by atomic mass is 35.5. The van der Waals surface area contributed by atoms with Crippen molar-refractivity contribution in [3.63, 3.8) is 0 Å². The number of ether oxygens (including phenoxy) is 2. The van der Waals surface area contributed by atoms with Crippen LogP contribution < -0.4 is 14.2 Å². The number of halogens is 3. The molecule has 0 saturated heterocycles. The predicted octanol–water partition coefficient (Wildman–Crippen LogP) is 4.80. The second kappa shape index (κ2) is 9.62. The van der Waals surface area contributed by atoms with Crippen LogP contribution in [0.3, 0.4) is 0 Å². The van der Waals surface area contributed by atoms with Gasteiger partial charge in [0.1, 0.15) is 18.2 Å². The molecule has 0 radical (unpaired) electrons. The number of hydrogen-bond donors (Lipinski definition) is 2. The SMILES string of the molecule is COc1ncc(Cl)cc1S(=O)(=O)Nc1ccc(F)c(COc2cnc3n[nH]c(C(C)C)c3c2)c1F. The van der Waals surface area contributed by atoms with Gasteiger partial charge in [-0.1, -0.05) is 25.4 Å². The highest BCUT2D eigenvalue weighted by Crippen LogP contribution is 2.30. The summed E-state index contributed by atoms with van der Waals surface area (Å²) in [6.07, 6.45) is 2.58. The van der Waals surface area contributed by atoms with E-state index in [1.807, 2.05) is 13.8 Å². The van der Waals surface area contributed by atoms with Crippen LogP contribution in [0.4, 0.5) is 14.5 Å². The normalized spacial score (nSPS) is 11.7. The van der Waals surface area contributed by atoms with E-state index in [4.69, 9.17) is 21.1 Å². The molecule has 0 aliphatic carbocycles. The molecule has 0 amide bonds. The minimum Gasteiger partial charge on any atom is -0.487 e. The Balaban J connectivity index is 1.61. The number of aromatic amines is 1. The Hall–Kier alpha value is -3.51. The molecule has 0 aliphatic rings. The third kappa shape index (κ3) is 4.98. The van der Waals surface area contributed by atoms with E-state index in [0.717, 1.165) is 29.3 Å². The molecule has 0 bridgehead atoms. The molecule has 2 N–H and O–H groups in total. The van der Waals surface area contributed by atoms with Crippen LogP contribution in [0, 0.1) is 11.6 Å². The summed E-state index contributed by atoms with van der Waals surface area (Å²) in [5.74, 6) is -1.88. The fourth-order valence-electron chi connectivity index (χ4n) is 3.34. The maximum absolute atomic E-state index is 15.2. The largest absolute Gasteiger partial charge is 0.487 e. The molecule has 1 aromatic carbocycles. The van der Waals surface area contributed by atoms with Crippen molar-refractivity contribution in [1.82, 2.24) is 20.2 Å². The Bertz CT molecular complexity index is 1510. The molecule has 0 saturated carbocycles. The molecule has 3 aromatic heterocycles. The van der Waals surface area contributed by atoms with Gasteiger partial charge in [0.15, 0.2) is 16.4 Å². The first kappa shape index (κ1) is 24.6. The second-order valence-corrected chi connectivity index (χ2v) is 9.86. The van der Waals surface area contributed by atoms with Crippen LogP contribution >= 0.6 is 11.6 Å². The van der Waals surface area contributed by atoms with Crippen molar-refractivity contribution in [3.8, 4) is 11.6 Å². The lowest BCUT2D eigenvalue weighted by molar-refractivity contribution is 0.292. The highest BCUT2D eigenvalue weighted by Gasteiger charge is 2.25. The third-order valence-corrected chi connectivity index (χ3v) is 6.64. The molecule has 35 heavy (non-hydrogen) atoms. The van der Waals surface area contributed by atoms with Crippen molar-refractivity contribution >= 4 is 38.3 Å². The molecule has 0 unspecified atom stereocenters. The number of rotatable bonds is 8. The summed E-state index contributed by atoms with van der Waals surface area (Å²) in [5.41, 5.74) is 0.369. The van der Waals surface area contributed by atoms with Gasteiger partial charge in [-0.15, -0.1) is 0 Å². The molecule has 0 atom stereocenters. The number of hydrogen-bond acceptors (Lipinski definition) is 7. The maximum Gasteiger partial charge on any atom is 0.267 e. The molecular formula is C22H20ClF2N5O4S. The van der Waals surface area contributed by atoms with Crippen LogP contribution in [0.2, 0.25) is 5.02 Å². The molecule has 184 valence electrons. The number of fused-ring (bicyclic) bond motifs is 1. The number of benzene rings is 1. The molecule has 0 spiro atoms. The Labute approximate surface area is 204 Å². The Kier molecular flexibility index (Phi) is 6.77. The molecule has 13 heteroatoms. The monoisotopic (exact) mass is 523 g/mol. The first-order valence-corrected chi connectivity index (χ1v) is 12.1. The average Bonchev–Trinajstić information content (AvgIpc) is 3.24. The second-order valence-electron chi connectivity index (χ2n) is 7.78. The quantitative estimate of drug-likeness (QED) is 0.340. The number of methoxy groups -OCH3 is 1. The van der Waals surface area contributed by atoms with E-state index in [1.165, 1.54) is 19.5 Å². The predicted molar refractivity (Wildman–Crippen MR) is 125 cm³/mol. The van der Waals surface area contributed by atoms with Crippen molar-refractivity contribution in [3.05, 3.63) is 64.6 Å². The highest BCUT2D eigenvalue weighted by molar-refractivity contribution is 7.92. The zero-order valence-corrected chi connectivity index (χ0v) is 20.3. The van der Waals surface area contributed by atoms with Gasteiger partial charge < -0.3 is 9.47 Å². The van der Waals surface area contributed by atoms with E-state index >= 15 is 4.39 Å². The Morgan fingerprint density at radius 1 is 1.17 bits per heavy atom. The first-order valence-electron chi connectivity index (χ1n) is 10.3. The van der Waals surface area contributed by atoms with Crippen LogP contribution in [0.5, 0.6) is 11.6 Å². The maximum atomic E-state index is 15.2. The van der Waals surface area contributed by atoms with E-state index in [0.29, 0.717) is 5.65 Å². The molecule has 3 heterocycles. The van der Waals surface area contributed by atoms with Crippen LogP contribution in [-0.2, 0) is 16.6 Å². The lowest BCUT2D eigenvalue weighted by Crippen LogP contribution is -2.17. The lowest BCUT2D eigenvalue weighted by atomic mass is 10.1. The van der Waals surface area contributed by atoms with E-state index in [9.17, 15) is 12.8 Å². The molecule has 9 nitrogen and oxygen atoms in total. The van der Waals surface area contributed by atoms with E-state index in [2.05, 4.69) is 24.9 Å². The molecule has 4 rings (SSSR count). The number of sulfonamides is 1. The smallest absolute Gasteiger partial charge is 0.267 e. The van der Waals surface area contributed by atoms with Gasteiger partial charge in [0.05, 0.1) is 29.6 Å². The Morgan fingerprint density at radius 3 is 2.66 bits per heavy atom. The van der Waals surface area contributed by atoms with E-state index < -0.39 is 44.4 Å². The summed E-state index contributed by atoms with van der Waals surface area (Å²) in [5, 5.41) is 7.79. The zero-order chi connectivity index (χ0) is 25.3. The van der Waals surface area contributed by atoms with Gasteiger partial charge in [0.2, 0.25) is 5.88 Å². The van der Waals surface area contributed by atoms with E-state index in [1.54, 1.807) is 6.07 Å². The minimum absolute atomic E-state index is 0.0312. The van der Waals surface area contributed by atoms with Crippen LogP contribution in [0.1, 0.15) is 31.0 Å². The molecule has 4 aromatic rings. The van der Waals surface area contributed by atoms with Gasteiger partial charge in [0, 0.05) is 17.3 Å². The van der Waals surface area contributed by atoms with Gasteiger partial charge in [-0.3, -0.25) is 9.82 Å².